The number of carbonyl (C=O) groups excluding carboxylic acids is 1. The van der Waals surface area contributed by atoms with Gasteiger partial charge in [-0.15, -0.1) is 0 Å². The molecule has 7 rings (SSSR count). The number of anilines is 2. The van der Waals surface area contributed by atoms with Gasteiger partial charge in [-0.3, -0.25) is 4.90 Å². The Kier molecular flexibility index (Phi) is 10.7. The van der Waals surface area contributed by atoms with Crippen molar-refractivity contribution in [2.45, 2.75) is 77.7 Å². The highest BCUT2D eigenvalue weighted by Gasteiger charge is 2.45. The molecule has 2 aliphatic rings. The molecule has 294 valence electrons. The molecule has 2 fully saturated rings. The van der Waals surface area contributed by atoms with Gasteiger partial charge in [0.1, 0.15) is 34.3 Å². The number of benzene rings is 3. The van der Waals surface area contributed by atoms with Crippen LogP contribution in [0, 0.1) is 18.8 Å². The van der Waals surface area contributed by atoms with Gasteiger partial charge in [0, 0.05) is 42.7 Å². The number of carbonyl (C=O) groups is 1. The van der Waals surface area contributed by atoms with E-state index < -0.39 is 46.7 Å². The fraction of sp³-hybridized carbons (Fsp3) is 0.381. The number of pyridine rings is 1. The highest BCUT2D eigenvalue weighted by molar-refractivity contribution is 5.94. The Morgan fingerprint density at radius 2 is 1.43 bits per heavy atom. The average Bonchev–Trinajstić information content (AvgIpc) is 3.43. The zero-order chi connectivity index (χ0) is 39.9. The largest absolute Gasteiger partial charge is 0.497 e. The van der Waals surface area contributed by atoms with E-state index in [1.807, 2.05) is 59.5 Å². The molecule has 0 N–H and O–H groups in total. The molecule has 14 heteroatoms. The number of fused-ring (bicyclic) bond motifs is 3. The Bertz CT molecular complexity index is 2170. The lowest BCUT2D eigenvalue weighted by Crippen LogP contribution is -2.57. The molecule has 4 heterocycles. The van der Waals surface area contributed by atoms with Crippen molar-refractivity contribution in [1.82, 2.24) is 19.9 Å². The Morgan fingerprint density at radius 3 is 1.95 bits per heavy atom. The molecule has 56 heavy (non-hydrogen) atoms. The fourth-order valence-corrected chi connectivity index (χ4v) is 7.63. The number of halogens is 4. The maximum Gasteiger partial charge on any atom is 0.410 e. The molecule has 2 bridgehead atoms. The summed E-state index contributed by atoms with van der Waals surface area (Å²) < 4.78 is 78.8. The SMILES string of the molecule is COc1ccc(CN(Cc2ccc(OC)cc2)c2cc(C)cc(-c3c(C(F)F)cc4c(N5CC6CCC(C5)N6C(=O)OC(C)(C)C)nc(F)nc4c3F)n2)cc1. The smallest absolute Gasteiger partial charge is 0.410 e. The Hall–Kier alpha value is -5.66. The van der Waals surface area contributed by atoms with Crippen LogP contribution < -0.4 is 19.3 Å². The first kappa shape index (κ1) is 38.6. The van der Waals surface area contributed by atoms with Crippen molar-refractivity contribution in [2.75, 3.05) is 37.1 Å². The summed E-state index contributed by atoms with van der Waals surface area (Å²) in [6.45, 7) is 8.35. The zero-order valence-corrected chi connectivity index (χ0v) is 32.2. The van der Waals surface area contributed by atoms with Gasteiger partial charge in [0.05, 0.1) is 32.0 Å². The number of methoxy groups -OCH3 is 2. The lowest BCUT2D eigenvalue weighted by molar-refractivity contribution is 0.0122. The second-order valence-corrected chi connectivity index (χ2v) is 15.3. The average molecular weight is 773 g/mol. The van der Waals surface area contributed by atoms with Gasteiger partial charge in [-0.1, -0.05) is 24.3 Å². The topological polar surface area (TPSA) is 93.2 Å². The van der Waals surface area contributed by atoms with E-state index in [2.05, 4.69) is 9.97 Å². The van der Waals surface area contributed by atoms with Crippen LogP contribution in [0.2, 0.25) is 0 Å². The van der Waals surface area contributed by atoms with Crippen LogP contribution in [0.3, 0.4) is 0 Å². The molecular weight excluding hydrogens is 728 g/mol. The lowest BCUT2D eigenvalue weighted by atomic mass is 9.98. The third kappa shape index (κ3) is 8.00. The maximum atomic E-state index is 16.9. The first-order chi connectivity index (χ1) is 26.7. The minimum Gasteiger partial charge on any atom is -0.497 e. The van der Waals surface area contributed by atoms with E-state index in [9.17, 15) is 4.79 Å². The minimum atomic E-state index is -3.12. The van der Waals surface area contributed by atoms with Crippen LogP contribution in [0.15, 0.2) is 66.7 Å². The van der Waals surface area contributed by atoms with Gasteiger partial charge in [-0.25, -0.2) is 22.9 Å². The van der Waals surface area contributed by atoms with Crippen LogP contribution in [0.25, 0.3) is 22.2 Å². The van der Waals surface area contributed by atoms with Crippen LogP contribution in [-0.4, -0.2) is 70.9 Å². The summed E-state index contributed by atoms with van der Waals surface area (Å²) in [5, 5.41) is -0.0541. The molecule has 0 radical (unpaired) electrons. The molecule has 0 spiro atoms. The van der Waals surface area contributed by atoms with Gasteiger partial charge < -0.3 is 24.0 Å². The van der Waals surface area contributed by atoms with Crippen LogP contribution in [0.5, 0.6) is 11.5 Å². The summed E-state index contributed by atoms with van der Waals surface area (Å²) in [5.41, 5.74) is 0.225. The maximum absolute atomic E-state index is 16.9. The van der Waals surface area contributed by atoms with Crippen LogP contribution in [-0.2, 0) is 17.8 Å². The number of alkyl halides is 2. The number of aryl methyl sites for hydroxylation is 1. The molecule has 1 amide bonds. The Labute approximate surface area is 323 Å². The number of piperazine rings is 1. The van der Waals surface area contributed by atoms with Crippen molar-refractivity contribution < 1.29 is 36.6 Å². The molecule has 2 aromatic heterocycles. The molecule has 2 aliphatic heterocycles. The van der Waals surface area contributed by atoms with Crippen molar-refractivity contribution in [1.29, 1.82) is 0 Å². The van der Waals surface area contributed by atoms with E-state index >= 15 is 17.6 Å². The predicted molar refractivity (Wildman–Crippen MR) is 205 cm³/mol. The molecule has 2 saturated heterocycles. The molecule has 2 unspecified atom stereocenters. The Balaban J connectivity index is 1.29. The van der Waals surface area contributed by atoms with Crippen LogP contribution >= 0.6 is 0 Å². The third-order valence-corrected chi connectivity index (χ3v) is 10.1. The van der Waals surface area contributed by atoms with Crippen molar-refractivity contribution >= 4 is 28.6 Å². The van der Waals surface area contributed by atoms with E-state index in [0.717, 1.165) is 17.2 Å². The molecule has 0 aliphatic carbocycles. The van der Waals surface area contributed by atoms with Gasteiger partial charge in [0.2, 0.25) is 0 Å². The van der Waals surface area contributed by atoms with Crippen LogP contribution in [0.1, 0.15) is 62.3 Å². The summed E-state index contributed by atoms with van der Waals surface area (Å²) in [7, 11) is 3.17. The standard InChI is InChI=1S/C42H44F4N6O4/c1-24-17-33(47-34(18-24)50(20-25-7-13-29(54-5)14-8-25)21-26-9-15-30(55-6)16-10-26)35-31(38(44)45)19-32-37(36(35)43)48-40(46)49-39(32)51-22-27-11-12-28(23-51)52(27)41(53)56-42(2,3)4/h7-10,13-19,27-28,38H,11-12,20-23H2,1-6H3. The number of amides is 1. The molecule has 10 nitrogen and oxygen atoms in total. The van der Waals surface area contributed by atoms with Gasteiger partial charge in [0.25, 0.3) is 6.43 Å². The Morgan fingerprint density at radius 1 is 0.857 bits per heavy atom. The summed E-state index contributed by atoms with van der Waals surface area (Å²) in [5.74, 6) is 0.660. The quantitative estimate of drug-likeness (QED) is 0.102. The first-order valence-electron chi connectivity index (χ1n) is 18.4. The molecule has 2 atom stereocenters. The molecule has 3 aromatic carbocycles. The van der Waals surface area contributed by atoms with Gasteiger partial charge in [-0.2, -0.15) is 14.4 Å². The van der Waals surface area contributed by atoms with E-state index in [1.165, 1.54) is 6.07 Å². The second kappa shape index (κ2) is 15.5. The number of hydrogen-bond acceptors (Lipinski definition) is 9. The zero-order valence-electron chi connectivity index (χ0n) is 32.2. The third-order valence-electron chi connectivity index (χ3n) is 10.1. The van der Waals surface area contributed by atoms with Crippen molar-refractivity contribution in [3.63, 3.8) is 0 Å². The summed E-state index contributed by atoms with van der Waals surface area (Å²) >= 11 is 0. The number of ether oxygens (including phenoxy) is 3. The van der Waals surface area contributed by atoms with Crippen molar-refractivity contribution in [2.24, 2.45) is 0 Å². The summed E-state index contributed by atoms with van der Waals surface area (Å²) in [6.07, 6.45) is -3.44. The molecule has 5 aromatic rings. The van der Waals surface area contributed by atoms with Gasteiger partial charge in [-0.05, 0) is 99.7 Å². The van der Waals surface area contributed by atoms with Crippen LogP contribution in [0.4, 0.5) is 34.0 Å². The predicted octanol–water partition coefficient (Wildman–Crippen LogP) is 9.03. The molecule has 0 saturated carbocycles. The van der Waals surface area contributed by atoms with E-state index in [-0.39, 0.29) is 42.1 Å². The first-order valence-corrected chi connectivity index (χ1v) is 18.4. The monoisotopic (exact) mass is 772 g/mol. The summed E-state index contributed by atoms with van der Waals surface area (Å²) in [4.78, 5) is 31.1. The van der Waals surface area contributed by atoms with E-state index in [1.54, 1.807) is 51.7 Å². The highest BCUT2D eigenvalue weighted by Crippen LogP contribution is 2.42. The normalized spacial score (nSPS) is 16.8. The van der Waals surface area contributed by atoms with E-state index in [4.69, 9.17) is 19.2 Å². The van der Waals surface area contributed by atoms with Crippen molar-refractivity contribution in [3.8, 4) is 22.8 Å². The number of nitrogens with zero attached hydrogens (tertiary/aromatic N) is 6. The number of aromatic nitrogens is 3. The highest BCUT2D eigenvalue weighted by atomic mass is 19.3. The van der Waals surface area contributed by atoms with Crippen molar-refractivity contribution in [3.05, 3.63) is 101 Å². The number of hydrogen-bond donors (Lipinski definition) is 0. The van der Waals surface area contributed by atoms with Gasteiger partial charge in [0.15, 0.2) is 5.82 Å². The van der Waals surface area contributed by atoms with E-state index in [0.29, 0.717) is 48.8 Å². The summed E-state index contributed by atoms with van der Waals surface area (Å²) in [6, 6.07) is 19.0. The van der Waals surface area contributed by atoms with Gasteiger partial charge >= 0.3 is 12.2 Å². The second-order valence-electron chi connectivity index (χ2n) is 15.3. The lowest BCUT2D eigenvalue weighted by Gasteiger charge is -2.42. The fourth-order valence-electron chi connectivity index (χ4n) is 7.63. The molecular formula is C42H44F4N6O4. The number of rotatable bonds is 10. The minimum absolute atomic E-state index is 0.0105.